The third-order valence-electron chi connectivity index (χ3n) is 4.19. The number of aryl methyl sites for hydroxylation is 4. The molecule has 0 amide bonds. The molecule has 0 saturated carbocycles. The average molecular weight is 361 g/mol. The molecule has 25 heavy (non-hydrogen) atoms. The summed E-state index contributed by atoms with van der Waals surface area (Å²) in [5.74, 6) is 2.21. The highest BCUT2D eigenvalue weighted by molar-refractivity contribution is 6.77. The molecule has 2 aromatic carbocycles. The third kappa shape index (κ3) is 4.92. The number of phenols is 2. The Labute approximate surface area is 151 Å². The summed E-state index contributed by atoms with van der Waals surface area (Å²) >= 11 is 0. The van der Waals surface area contributed by atoms with Crippen molar-refractivity contribution in [3.63, 3.8) is 0 Å². The number of hydrogen-bond acceptors (Lipinski definition) is 4. The monoisotopic (exact) mass is 360 g/mol. The maximum absolute atomic E-state index is 9.85. The van der Waals surface area contributed by atoms with Crippen LogP contribution in [-0.2, 0) is 0 Å². The van der Waals surface area contributed by atoms with E-state index >= 15 is 0 Å². The molecule has 0 saturated heterocycles. The minimum absolute atomic E-state index is 0.324. The van der Waals surface area contributed by atoms with Gasteiger partial charge in [-0.1, -0.05) is 13.1 Å². The molecule has 136 valence electrons. The first-order valence-electron chi connectivity index (χ1n) is 8.45. The zero-order valence-corrected chi connectivity index (χ0v) is 16.9. The van der Waals surface area contributed by atoms with Crippen LogP contribution in [0.2, 0.25) is 13.1 Å². The lowest BCUT2D eigenvalue weighted by molar-refractivity contribution is 0.343. The van der Waals surface area contributed by atoms with E-state index in [1.54, 1.807) is 0 Å². The standard InChI is InChI=1S/C20H28O4Si/c1-13-7-17(8-14(2)19(13)21)23-11-25(5,6)12-24-18-9-15(3)20(22)16(4)10-18/h7-10,21-22H,11-12H2,1-6H3. The number of hydrogen-bond donors (Lipinski definition) is 2. The summed E-state index contributed by atoms with van der Waals surface area (Å²) in [4.78, 5) is 0. The number of phenolic OH excluding ortho intramolecular Hbond substituents is 2. The number of aromatic hydroxyl groups is 2. The van der Waals surface area contributed by atoms with Crippen molar-refractivity contribution >= 4 is 8.07 Å². The molecule has 2 rings (SSSR count). The Morgan fingerprint density at radius 1 is 0.680 bits per heavy atom. The van der Waals surface area contributed by atoms with Crippen molar-refractivity contribution in [2.45, 2.75) is 40.8 Å². The molecule has 2 N–H and O–H groups in total. The lowest BCUT2D eigenvalue weighted by Crippen LogP contribution is -2.41. The Bertz CT molecular complexity index is 659. The van der Waals surface area contributed by atoms with E-state index in [0.717, 1.165) is 33.8 Å². The van der Waals surface area contributed by atoms with E-state index in [-0.39, 0.29) is 0 Å². The van der Waals surface area contributed by atoms with E-state index in [2.05, 4.69) is 13.1 Å². The van der Waals surface area contributed by atoms with Gasteiger partial charge < -0.3 is 19.7 Å². The molecule has 0 aromatic heterocycles. The van der Waals surface area contributed by atoms with Gasteiger partial charge in [0.05, 0.1) is 12.5 Å². The normalized spacial score (nSPS) is 11.4. The van der Waals surface area contributed by atoms with Gasteiger partial charge in [0.25, 0.3) is 0 Å². The first kappa shape index (κ1) is 19.2. The summed E-state index contributed by atoms with van der Waals surface area (Å²) in [5.41, 5.74) is 3.28. The fraction of sp³-hybridized carbons (Fsp3) is 0.400. The summed E-state index contributed by atoms with van der Waals surface area (Å²) in [5, 5.41) is 19.7. The van der Waals surface area contributed by atoms with Gasteiger partial charge in [-0.15, -0.1) is 0 Å². The van der Waals surface area contributed by atoms with Gasteiger partial charge in [0.15, 0.2) is 0 Å². The molecule has 4 nitrogen and oxygen atoms in total. The Hall–Kier alpha value is -2.14. The molecule has 0 aliphatic heterocycles. The van der Waals surface area contributed by atoms with Crippen LogP contribution < -0.4 is 9.47 Å². The van der Waals surface area contributed by atoms with Crippen LogP contribution in [-0.4, -0.2) is 30.7 Å². The third-order valence-corrected chi connectivity index (χ3v) is 6.04. The molecule has 0 bridgehead atoms. The maximum Gasteiger partial charge on any atom is 0.136 e. The summed E-state index contributed by atoms with van der Waals surface area (Å²) < 4.78 is 11.9. The van der Waals surface area contributed by atoms with Crippen molar-refractivity contribution in [2.24, 2.45) is 0 Å². The fourth-order valence-corrected chi connectivity index (χ4v) is 3.80. The summed E-state index contributed by atoms with van der Waals surface area (Å²) in [6.07, 6.45) is 1.26. The van der Waals surface area contributed by atoms with Gasteiger partial charge in [-0.2, -0.15) is 0 Å². The van der Waals surface area contributed by atoms with Crippen molar-refractivity contribution in [1.82, 2.24) is 0 Å². The van der Waals surface area contributed by atoms with Crippen LogP contribution in [0, 0.1) is 27.7 Å². The Morgan fingerprint density at radius 3 is 1.24 bits per heavy atom. The quantitative estimate of drug-likeness (QED) is 0.741. The first-order valence-corrected chi connectivity index (χ1v) is 11.9. The topological polar surface area (TPSA) is 58.9 Å². The van der Waals surface area contributed by atoms with Crippen molar-refractivity contribution in [2.75, 3.05) is 12.5 Å². The molecular formula is C20H28O4Si. The van der Waals surface area contributed by atoms with E-state index in [1.807, 2.05) is 52.0 Å². The highest BCUT2D eigenvalue weighted by atomic mass is 28.3. The Kier molecular flexibility index (Phi) is 5.68. The van der Waals surface area contributed by atoms with Crippen LogP contribution in [0.1, 0.15) is 22.3 Å². The summed E-state index contributed by atoms with van der Waals surface area (Å²) in [6.45, 7) is 11.9. The van der Waals surface area contributed by atoms with Crippen LogP contribution in [0.15, 0.2) is 24.3 Å². The Balaban J connectivity index is 1.98. The second-order valence-electron chi connectivity index (χ2n) is 7.55. The van der Waals surface area contributed by atoms with Gasteiger partial charge >= 0.3 is 0 Å². The smallest absolute Gasteiger partial charge is 0.136 e. The van der Waals surface area contributed by atoms with Gasteiger partial charge in [0.2, 0.25) is 0 Å². The molecule has 0 aliphatic carbocycles. The fourth-order valence-electron chi connectivity index (χ4n) is 2.60. The highest BCUT2D eigenvalue weighted by Gasteiger charge is 2.24. The van der Waals surface area contributed by atoms with E-state index in [0.29, 0.717) is 24.0 Å². The van der Waals surface area contributed by atoms with Crippen LogP contribution in [0.25, 0.3) is 0 Å². The number of ether oxygens (including phenoxy) is 2. The average Bonchev–Trinajstić information content (AvgIpc) is 2.53. The minimum atomic E-state index is -1.74. The second-order valence-corrected chi connectivity index (χ2v) is 12.5. The molecule has 0 atom stereocenters. The van der Waals surface area contributed by atoms with E-state index in [9.17, 15) is 10.2 Å². The number of benzene rings is 2. The summed E-state index contributed by atoms with van der Waals surface area (Å²) in [6, 6.07) is 7.45. The van der Waals surface area contributed by atoms with Gasteiger partial charge in [-0.3, -0.25) is 0 Å². The highest BCUT2D eigenvalue weighted by Crippen LogP contribution is 2.28. The molecule has 2 aromatic rings. The van der Waals surface area contributed by atoms with Crippen molar-refractivity contribution < 1.29 is 19.7 Å². The predicted molar refractivity (Wildman–Crippen MR) is 104 cm³/mol. The molecule has 5 heteroatoms. The lowest BCUT2D eigenvalue weighted by atomic mass is 10.1. The molecule has 0 fully saturated rings. The summed E-state index contributed by atoms with van der Waals surface area (Å²) in [7, 11) is -1.74. The SMILES string of the molecule is Cc1cc(OC[Si](C)(C)COc2cc(C)c(O)c(C)c2)cc(C)c1O. The molecular weight excluding hydrogens is 332 g/mol. The first-order chi connectivity index (χ1) is 11.6. The zero-order valence-electron chi connectivity index (χ0n) is 15.9. The molecule has 0 radical (unpaired) electrons. The number of rotatable bonds is 6. The van der Waals surface area contributed by atoms with Crippen LogP contribution in [0.4, 0.5) is 0 Å². The van der Waals surface area contributed by atoms with Crippen LogP contribution in [0.3, 0.4) is 0 Å². The van der Waals surface area contributed by atoms with Crippen molar-refractivity contribution in [1.29, 1.82) is 0 Å². The van der Waals surface area contributed by atoms with E-state index in [1.165, 1.54) is 0 Å². The molecule has 0 heterocycles. The minimum Gasteiger partial charge on any atom is -0.507 e. The van der Waals surface area contributed by atoms with Crippen LogP contribution in [0.5, 0.6) is 23.0 Å². The van der Waals surface area contributed by atoms with Crippen molar-refractivity contribution in [3.05, 3.63) is 46.5 Å². The predicted octanol–water partition coefficient (Wildman–Crippen LogP) is 4.58. The zero-order chi connectivity index (χ0) is 18.8. The molecule has 0 unspecified atom stereocenters. The van der Waals surface area contributed by atoms with Gasteiger partial charge in [-0.25, -0.2) is 0 Å². The van der Waals surface area contributed by atoms with E-state index in [4.69, 9.17) is 9.47 Å². The molecule has 0 aliphatic rings. The second kappa shape index (κ2) is 7.40. The Morgan fingerprint density at radius 2 is 0.960 bits per heavy atom. The van der Waals surface area contributed by atoms with Crippen LogP contribution >= 0.6 is 0 Å². The van der Waals surface area contributed by atoms with E-state index < -0.39 is 8.07 Å². The van der Waals surface area contributed by atoms with Gasteiger partial charge in [-0.05, 0) is 74.2 Å². The maximum atomic E-state index is 9.85. The van der Waals surface area contributed by atoms with Gasteiger partial charge in [0.1, 0.15) is 31.1 Å². The van der Waals surface area contributed by atoms with Gasteiger partial charge in [0, 0.05) is 0 Å². The largest absolute Gasteiger partial charge is 0.507 e. The van der Waals surface area contributed by atoms with Crippen molar-refractivity contribution in [3.8, 4) is 23.0 Å². The molecule has 0 spiro atoms. The lowest BCUT2D eigenvalue weighted by Gasteiger charge is -2.23.